The van der Waals surface area contributed by atoms with Gasteiger partial charge in [-0.1, -0.05) is 32.9 Å². The molecule has 0 saturated heterocycles. The third kappa shape index (κ3) is 5.14. The lowest BCUT2D eigenvalue weighted by Gasteiger charge is -2.25. The first-order chi connectivity index (χ1) is 9.54. The molecule has 0 aliphatic heterocycles. The largest absolute Gasteiger partial charge is 0.494 e. The fourth-order valence-corrected chi connectivity index (χ4v) is 2.11. The lowest BCUT2D eigenvalue weighted by molar-refractivity contribution is 0.171. The van der Waals surface area contributed by atoms with Crippen LogP contribution in [0.2, 0.25) is 0 Å². The van der Waals surface area contributed by atoms with Crippen molar-refractivity contribution >= 4 is 0 Å². The van der Waals surface area contributed by atoms with Crippen LogP contribution in [0.25, 0.3) is 0 Å². The Labute approximate surface area is 123 Å². The van der Waals surface area contributed by atoms with Gasteiger partial charge < -0.3 is 15.6 Å². The number of nitrogens with two attached hydrogens (primary N) is 1. The van der Waals surface area contributed by atoms with Crippen LogP contribution in [0.1, 0.15) is 57.9 Å². The molecule has 20 heavy (non-hydrogen) atoms. The molecule has 3 N–H and O–H groups in total. The SMILES string of the molecule is CCC(C)c1ccc(OCCCC(N)(CC)CO)cc1. The molecule has 0 heterocycles. The summed E-state index contributed by atoms with van der Waals surface area (Å²) < 4.78 is 5.72. The molecule has 0 radical (unpaired) electrons. The first kappa shape index (κ1) is 17.0. The molecule has 0 aliphatic rings. The number of hydrogen-bond donors (Lipinski definition) is 2. The van der Waals surface area contributed by atoms with Gasteiger partial charge in [-0.25, -0.2) is 0 Å². The van der Waals surface area contributed by atoms with E-state index >= 15 is 0 Å². The highest BCUT2D eigenvalue weighted by atomic mass is 16.5. The van der Waals surface area contributed by atoms with Gasteiger partial charge in [0.15, 0.2) is 0 Å². The molecule has 0 aliphatic carbocycles. The minimum absolute atomic E-state index is 0.0348. The van der Waals surface area contributed by atoms with Crippen LogP contribution in [0.4, 0.5) is 0 Å². The average Bonchev–Trinajstić information content (AvgIpc) is 2.51. The molecule has 1 aromatic rings. The molecule has 1 rings (SSSR count). The first-order valence-corrected chi connectivity index (χ1v) is 7.67. The van der Waals surface area contributed by atoms with Gasteiger partial charge in [0.25, 0.3) is 0 Å². The topological polar surface area (TPSA) is 55.5 Å². The smallest absolute Gasteiger partial charge is 0.119 e. The molecule has 0 fully saturated rings. The number of aliphatic hydroxyl groups excluding tert-OH is 1. The molecule has 3 nitrogen and oxygen atoms in total. The Morgan fingerprint density at radius 3 is 2.40 bits per heavy atom. The molecular formula is C17H29NO2. The van der Waals surface area contributed by atoms with Crippen molar-refractivity contribution in [3.05, 3.63) is 29.8 Å². The quantitative estimate of drug-likeness (QED) is 0.681. The van der Waals surface area contributed by atoms with Gasteiger partial charge in [-0.2, -0.15) is 0 Å². The molecular weight excluding hydrogens is 250 g/mol. The summed E-state index contributed by atoms with van der Waals surface area (Å²) in [4.78, 5) is 0. The van der Waals surface area contributed by atoms with Crippen molar-refractivity contribution in [2.75, 3.05) is 13.2 Å². The second-order valence-electron chi connectivity index (χ2n) is 5.70. The molecule has 3 heteroatoms. The monoisotopic (exact) mass is 279 g/mol. The van der Waals surface area contributed by atoms with Gasteiger partial charge in [0.2, 0.25) is 0 Å². The maximum Gasteiger partial charge on any atom is 0.119 e. The van der Waals surface area contributed by atoms with Crippen LogP contribution in [-0.4, -0.2) is 23.9 Å². The zero-order chi connectivity index (χ0) is 15.0. The van der Waals surface area contributed by atoms with Crippen LogP contribution >= 0.6 is 0 Å². The van der Waals surface area contributed by atoms with Gasteiger partial charge >= 0.3 is 0 Å². The predicted molar refractivity (Wildman–Crippen MR) is 84.2 cm³/mol. The highest BCUT2D eigenvalue weighted by Gasteiger charge is 2.20. The van der Waals surface area contributed by atoms with Gasteiger partial charge in [0.05, 0.1) is 13.2 Å². The minimum atomic E-state index is -0.455. The van der Waals surface area contributed by atoms with E-state index < -0.39 is 5.54 Å². The highest BCUT2D eigenvalue weighted by Crippen LogP contribution is 2.22. The third-order valence-corrected chi connectivity index (χ3v) is 4.17. The zero-order valence-electron chi connectivity index (χ0n) is 13.1. The first-order valence-electron chi connectivity index (χ1n) is 7.67. The second-order valence-corrected chi connectivity index (χ2v) is 5.70. The van der Waals surface area contributed by atoms with Gasteiger partial charge in [0, 0.05) is 5.54 Å². The second kappa shape index (κ2) is 8.28. The molecule has 0 amide bonds. The van der Waals surface area contributed by atoms with Crippen molar-refractivity contribution in [3.63, 3.8) is 0 Å². The molecule has 0 saturated carbocycles. The molecule has 2 unspecified atom stereocenters. The summed E-state index contributed by atoms with van der Waals surface area (Å²) in [5.74, 6) is 1.50. The summed E-state index contributed by atoms with van der Waals surface area (Å²) in [6.07, 6.45) is 3.58. The van der Waals surface area contributed by atoms with Crippen molar-refractivity contribution in [3.8, 4) is 5.75 Å². The normalized spacial score (nSPS) is 15.7. The third-order valence-electron chi connectivity index (χ3n) is 4.17. The van der Waals surface area contributed by atoms with E-state index in [9.17, 15) is 5.11 Å². The number of ether oxygens (including phenoxy) is 1. The Hall–Kier alpha value is -1.06. The van der Waals surface area contributed by atoms with E-state index in [0.717, 1.165) is 31.4 Å². The van der Waals surface area contributed by atoms with Crippen molar-refractivity contribution in [1.29, 1.82) is 0 Å². The summed E-state index contributed by atoms with van der Waals surface area (Å²) in [7, 11) is 0. The van der Waals surface area contributed by atoms with Gasteiger partial charge in [0.1, 0.15) is 5.75 Å². The van der Waals surface area contributed by atoms with Crippen molar-refractivity contribution < 1.29 is 9.84 Å². The molecule has 1 aromatic carbocycles. The van der Waals surface area contributed by atoms with E-state index in [-0.39, 0.29) is 6.61 Å². The van der Waals surface area contributed by atoms with E-state index in [1.807, 2.05) is 19.1 Å². The Morgan fingerprint density at radius 2 is 1.90 bits per heavy atom. The van der Waals surface area contributed by atoms with Crippen LogP contribution in [0, 0.1) is 0 Å². The summed E-state index contributed by atoms with van der Waals surface area (Å²) in [6, 6.07) is 8.33. The summed E-state index contributed by atoms with van der Waals surface area (Å²) in [5.41, 5.74) is 6.94. The van der Waals surface area contributed by atoms with Crippen LogP contribution in [-0.2, 0) is 0 Å². The number of rotatable bonds is 9. The lowest BCUT2D eigenvalue weighted by atomic mass is 9.93. The van der Waals surface area contributed by atoms with E-state index in [1.165, 1.54) is 5.56 Å². The Balaban J connectivity index is 2.36. The molecule has 114 valence electrons. The summed E-state index contributed by atoms with van der Waals surface area (Å²) >= 11 is 0. The number of benzene rings is 1. The maximum atomic E-state index is 9.24. The Kier molecular flexibility index (Phi) is 7.03. The zero-order valence-corrected chi connectivity index (χ0v) is 13.1. The van der Waals surface area contributed by atoms with Crippen LogP contribution in [0.3, 0.4) is 0 Å². The van der Waals surface area contributed by atoms with Crippen molar-refractivity contribution in [1.82, 2.24) is 0 Å². The fraction of sp³-hybridized carbons (Fsp3) is 0.647. The lowest BCUT2D eigenvalue weighted by Crippen LogP contribution is -2.43. The Morgan fingerprint density at radius 1 is 1.25 bits per heavy atom. The predicted octanol–water partition coefficient (Wildman–Crippen LogP) is 3.46. The van der Waals surface area contributed by atoms with E-state index in [4.69, 9.17) is 10.5 Å². The number of aliphatic hydroxyl groups is 1. The fourth-order valence-electron chi connectivity index (χ4n) is 2.11. The van der Waals surface area contributed by atoms with Crippen LogP contribution in [0.5, 0.6) is 5.75 Å². The minimum Gasteiger partial charge on any atom is -0.494 e. The van der Waals surface area contributed by atoms with Gasteiger partial charge in [-0.05, 0) is 49.3 Å². The molecule has 0 spiro atoms. The van der Waals surface area contributed by atoms with Crippen LogP contribution in [0.15, 0.2) is 24.3 Å². The standard InChI is InChI=1S/C17H29NO2/c1-4-14(3)15-7-9-16(10-8-15)20-12-6-11-17(18,5-2)13-19/h7-10,14,19H,4-6,11-13,18H2,1-3H3. The summed E-state index contributed by atoms with van der Waals surface area (Å²) in [5, 5.41) is 9.24. The molecule has 0 aromatic heterocycles. The highest BCUT2D eigenvalue weighted by molar-refractivity contribution is 5.29. The van der Waals surface area contributed by atoms with E-state index in [1.54, 1.807) is 0 Å². The van der Waals surface area contributed by atoms with E-state index in [2.05, 4.69) is 26.0 Å². The number of hydrogen-bond acceptors (Lipinski definition) is 3. The molecule has 0 bridgehead atoms. The Bertz CT molecular complexity index is 371. The molecule has 2 atom stereocenters. The van der Waals surface area contributed by atoms with E-state index in [0.29, 0.717) is 12.5 Å². The van der Waals surface area contributed by atoms with Gasteiger partial charge in [-0.3, -0.25) is 0 Å². The summed E-state index contributed by atoms with van der Waals surface area (Å²) in [6.45, 7) is 7.11. The maximum absolute atomic E-state index is 9.24. The van der Waals surface area contributed by atoms with Crippen molar-refractivity contribution in [2.24, 2.45) is 5.73 Å². The van der Waals surface area contributed by atoms with Gasteiger partial charge in [-0.15, -0.1) is 0 Å². The van der Waals surface area contributed by atoms with Crippen molar-refractivity contribution in [2.45, 2.75) is 57.9 Å². The average molecular weight is 279 g/mol. The van der Waals surface area contributed by atoms with Crippen LogP contribution < -0.4 is 10.5 Å².